The molecule has 0 bridgehead atoms. The van der Waals surface area contributed by atoms with Crippen LogP contribution in [-0.2, 0) is 14.6 Å². The maximum atomic E-state index is 12.0. The second-order valence-electron chi connectivity index (χ2n) is 4.89. The summed E-state index contributed by atoms with van der Waals surface area (Å²) in [6.45, 7) is 3.53. The third-order valence-corrected chi connectivity index (χ3v) is 4.24. The van der Waals surface area contributed by atoms with Gasteiger partial charge in [0.1, 0.15) is 0 Å². The van der Waals surface area contributed by atoms with Gasteiger partial charge in [-0.15, -0.1) is 0 Å². The molecule has 0 saturated carbocycles. The molecular weight excluding hydrogens is 266 g/mol. The van der Waals surface area contributed by atoms with E-state index in [1.807, 2.05) is 6.92 Å². The third kappa shape index (κ3) is 3.30. The number of hydrogen-bond acceptors (Lipinski definition) is 5. The van der Waals surface area contributed by atoms with E-state index in [-0.39, 0.29) is 16.9 Å². The van der Waals surface area contributed by atoms with Crippen LogP contribution < -0.4 is 10.6 Å². The van der Waals surface area contributed by atoms with E-state index in [2.05, 4.69) is 15.6 Å². The Balaban J connectivity index is 2.06. The van der Waals surface area contributed by atoms with E-state index in [0.717, 1.165) is 12.8 Å². The summed E-state index contributed by atoms with van der Waals surface area (Å²) in [6, 6.07) is 2.94. The van der Waals surface area contributed by atoms with Crippen molar-refractivity contribution in [3.63, 3.8) is 0 Å². The lowest BCUT2D eigenvalue weighted by molar-refractivity contribution is -0.120. The molecule has 104 valence electrons. The Labute approximate surface area is 112 Å². The molecule has 1 aromatic heterocycles. The van der Waals surface area contributed by atoms with Crippen molar-refractivity contribution in [1.82, 2.24) is 10.3 Å². The van der Waals surface area contributed by atoms with Crippen molar-refractivity contribution >= 4 is 21.4 Å². The second-order valence-corrected chi connectivity index (χ2v) is 6.85. The first kappa shape index (κ1) is 14.0. The average Bonchev–Trinajstić information content (AvgIpc) is 2.75. The van der Waals surface area contributed by atoms with E-state index in [4.69, 9.17) is 0 Å². The zero-order valence-corrected chi connectivity index (χ0v) is 11.7. The summed E-state index contributed by atoms with van der Waals surface area (Å²) in [6.07, 6.45) is 2.46. The number of carbonyl (C=O) groups excluding carboxylic acids is 1. The molecular formula is C12H17N3O3S. The highest BCUT2D eigenvalue weighted by Crippen LogP contribution is 2.18. The first-order valence-electron chi connectivity index (χ1n) is 6.05. The maximum Gasteiger partial charge on any atom is 0.229 e. The molecule has 1 aliphatic heterocycles. The summed E-state index contributed by atoms with van der Waals surface area (Å²) < 4.78 is 22.5. The van der Waals surface area contributed by atoms with Gasteiger partial charge in [-0.3, -0.25) is 4.79 Å². The normalized spacial score (nSPS) is 23.3. The zero-order chi connectivity index (χ0) is 14.0. The number of rotatable bonds is 3. The summed E-state index contributed by atoms with van der Waals surface area (Å²) in [7, 11) is -3.31. The average molecular weight is 283 g/mol. The molecule has 1 saturated heterocycles. The predicted octanol–water partition coefficient (Wildman–Crippen LogP) is 0.279. The van der Waals surface area contributed by atoms with Crippen LogP contribution in [0.2, 0.25) is 0 Å². The highest BCUT2D eigenvalue weighted by atomic mass is 32.2. The largest absolute Gasteiger partial charge is 0.324 e. The van der Waals surface area contributed by atoms with Gasteiger partial charge in [0.05, 0.1) is 17.8 Å². The summed E-state index contributed by atoms with van der Waals surface area (Å²) in [5.41, 5.74) is 0.511. The van der Waals surface area contributed by atoms with Gasteiger partial charge in [-0.2, -0.15) is 0 Å². The van der Waals surface area contributed by atoms with Gasteiger partial charge >= 0.3 is 0 Å². The Morgan fingerprint density at radius 2 is 2.16 bits per heavy atom. The molecule has 19 heavy (non-hydrogen) atoms. The number of anilines is 1. The van der Waals surface area contributed by atoms with Crippen LogP contribution in [0.5, 0.6) is 0 Å². The molecule has 0 aliphatic carbocycles. The van der Waals surface area contributed by atoms with E-state index >= 15 is 0 Å². The molecule has 0 spiro atoms. The van der Waals surface area contributed by atoms with E-state index < -0.39 is 9.84 Å². The third-order valence-electron chi connectivity index (χ3n) is 3.24. The lowest BCUT2D eigenvalue weighted by Gasteiger charge is -2.14. The van der Waals surface area contributed by atoms with Crippen LogP contribution in [0.25, 0.3) is 0 Å². The van der Waals surface area contributed by atoms with Gasteiger partial charge in [0.25, 0.3) is 0 Å². The first-order chi connectivity index (χ1) is 8.88. The van der Waals surface area contributed by atoms with Gasteiger partial charge in [-0.25, -0.2) is 13.4 Å². The van der Waals surface area contributed by atoms with Crippen LogP contribution in [0.15, 0.2) is 23.4 Å². The number of nitrogens with one attached hydrogen (secondary N) is 2. The molecule has 0 radical (unpaired) electrons. The SMILES string of the molecule is CC1CNCC1C(=O)Nc1ccc(S(C)(=O)=O)nc1. The number of aromatic nitrogens is 1. The number of carbonyl (C=O) groups is 1. The lowest BCUT2D eigenvalue weighted by atomic mass is 9.97. The fourth-order valence-corrected chi connectivity index (χ4v) is 2.63. The maximum absolute atomic E-state index is 12.0. The van der Waals surface area contributed by atoms with Crippen LogP contribution in [-0.4, -0.2) is 38.7 Å². The Bertz CT molecular complexity index is 568. The zero-order valence-electron chi connectivity index (χ0n) is 10.9. The number of nitrogens with zero attached hydrogens (tertiary/aromatic N) is 1. The van der Waals surface area contributed by atoms with Crippen molar-refractivity contribution in [2.45, 2.75) is 11.9 Å². The number of hydrogen-bond donors (Lipinski definition) is 2. The van der Waals surface area contributed by atoms with Gasteiger partial charge in [-0.1, -0.05) is 6.92 Å². The highest BCUT2D eigenvalue weighted by Gasteiger charge is 2.29. The molecule has 7 heteroatoms. The Hall–Kier alpha value is -1.47. The minimum absolute atomic E-state index is 0.00130. The van der Waals surface area contributed by atoms with E-state index in [0.29, 0.717) is 18.2 Å². The van der Waals surface area contributed by atoms with Gasteiger partial charge in [0.15, 0.2) is 14.9 Å². The molecule has 1 amide bonds. The molecule has 1 fully saturated rings. The van der Waals surface area contributed by atoms with Crippen molar-refractivity contribution in [1.29, 1.82) is 0 Å². The standard InChI is InChI=1S/C12H17N3O3S/c1-8-5-13-7-10(8)12(16)15-9-3-4-11(14-6-9)19(2,17)18/h3-4,6,8,10,13H,5,7H2,1-2H3,(H,15,16). The molecule has 0 aromatic carbocycles. The van der Waals surface area contributed by atoms with Crippen molar-refractivity contribution in [2.24, 2.45) is 11.8 Å². The Morgan fingerprint density at radius 3 is 2.63 bits per heavy atom. The van der Waals surface area contributed by atoms with Crippen LogP contribution in [0.4, 0.5) is 5.69 Å². The second kappa shape index (κ2) is 5.26. The molecule has 2 atom stereocenters. The minimum Gasteiger partial charge on any atom is -0.324 e. The quantitative estimate of drug-likeness (QED) is 0.832. The molecule has 6 nitrogen and oxygen atoms in total. The summed E-state index contributed by atoms with van der Waals surface area (Å²) in [4.78, 5) is 15.8. The van der Waals surface area contributed by atoms with Crippen LogP contribution >= 0.6 is 0 Å². The molecule has 1 aliphatic rings. The van der Waals surface area contributed by atoms with Crippen molar-refractivity contribution in [2.75, 3.05) is 24.7 Å². The van der Waals surface area contributed by atoms with E-state index in [1.54, 1.807) is 6.07 Å². The predicted molar refractivity (Wildman–Crippen MR) is 71.5 cm³/mol. The van der Waals surface area contributed by atoms with Gasteiger partial charge < -0.3 is 10.6 Å². The lowest BCUT2D eigenvalue weighted by Crippen LogP contribution is -2.27. The van der Waals surface area contributed by atoms with Gasteiger partial charge in [0.2, 0.25) is 5.91 Å². The van der Waals surface area contributed by atoms with E-state index in [9.17, 15) is 13.2 Å². The van der Waals surface area contributed by atoms with Gasteiger partial charge in [0, 0.05) is 12.8 Å². The fourth-order valence-electron chi connectivity index (χ4n) is 2.07. The monoisotopic (exact) mass is 283 g/mol. The first-order valence-corrected chi connectivity index (χ1v) is 7.95. The topological polar surface area (TPSA) is 88.2 Å². The molecule has 2 heterocycles. The molecule has 2 rings (SSSR count). The molecule has 2 unspecified atom stereocenters. The highest BCUT2D eigenvalue weighted by molar-refractivity contribution is 7.90. The van der Waals surface area contributed by atoms with Crippen molar-refractivity contribution < 1.29 is 13.2 Å². The number of pyridine rings is 1. The Morgan fingerprint density at radius 1 is 1.42 bits per heavy atom. The number of amides is 1. The summed E-state index contributed by atoms with van der Waals surface area (Å²) in [5.74, 6) is 0.171. The molecule has 2 N–H and O–H groups in total. The van der Waals surface area contributed by atoms with E-state index in [1.165, 1.54) is 12.3 Å². The summed E-state index contributed by atoms with van der Waals surface area (Å²) >= 11 is 0. The van der Waals surface area contributed by atoms with Crippen LogP contribution in [0, 0.1) is 11.8 Å². The van der Waals surface area contributed by atoms with Gasteiger partial charge in [-0.05, 0) is 24.6 Å². The van der Waals surface area contributed by atoms with Crippen molar-refractivity contribution in [3.05, 3.63) is 18.3 Å². The minimum atomic E-state index is -3.31. The van der Waals surface area contributed by atoms with Crippen LogP contribution in [0.3, 0.4) is 0 Å². The fraction of sp³-hybridized carbons (Fsp3) is 0.500. The smallest absolute Gasteiger partial charge is 0.229 e. The summed E-state index contributed by atoms with van der Waals surface area (Å²) in [5, 5.41) is 5.92. The van der Waals surface area contributed by atoms with Crippen LogP contribution in [0.1, 0.15) is 6.92 Å². The Kier molecular flexibility index (Phi) is 3.86. The molecule has 1 aromatic rings. The van der Waals surface area contributed by atoms with Crippen molar-refractivity contribution in [3.8, 4) is 0 Å². The number of sulfone groups is 1.